The van der Waals surface area contributed by atoms with Gasteiger partial charge in [0.2, 0.25) is 11.8 Å². The number of nitrogens with zero attached hydrogens (tertiary/aromatic N) is 1. The van der Waals surface area contributed by atoms with E-state index in [4.69, 9.17) is 4.74 Å². The molecule has 20 heavy (non-hydrogen) atoms. The van der Waals surface area contributed by atoms with Gasteiger partial charge in [0.15, 0.2) is 0 Å². The predicted molar refractivity (Wildman–Crippen MR) is 73.3 cm³/mol. The highest BCUT2D eigenvalue weighted by Crippen LogP contribution is 2.33. The number of ether oxygens (including phenoxy) is 1. The predicted octanol–water partition coefficient (Wildman–Crippen LogP) is 1.03. The Morgan fingerprint density at radius 2 is 2.15 bits per heavy atom. The van der Waals surface area contributed by atoms with Crippen molar-refractivity contribution in [1.82, 2.24) is 5.48 Å². The van der Waals surface area contributed by atoms with Gasteiger partial charge in [-0.1, -0.05) is 6.07 Å². The fraction of sp³-hybridized carbons (Fsp3) is 0.429. The van der Waals surface area contributed by atoms with Gasteiger partial charge in [0, 0.05) is 13.0 Å². The Morgan fingerprint density at radius 3 is 2.80 bits per heavy atom. The largest absolute Gasteiger partial charge is 0.495 e. The van der Waals surface area contributed by atoms with E-state index in [2.05, 4.69) is 10.3 Å². The maximum atomic E-state index is 12.1. The van der Waals surface area contributed by atoms with E-state index in [0.29, 0.717) is 18.0 Å². The molecule has 0 spiro atoms. The second kappa shape index (κ2) is 5.92. The number of aryl methyl sites for hydroxylation is 1. The number of hydroxylamine groups is 1. The summed E-state index contributed by atoms with van der Waals surface area (Å²) in [4.78, 5) is 30.1. The third kappa shape index (κ3) is 2.75. The minimum Gasteiger partial charge on any atom is -0.495 e. The van der Waals surface area contributed by atoms with Crippen molar-refractivity contribution < 1.29 is 19.2 Å². The molecule has 1 aliphatic rings. The van der Waals surface area contributed by atoms with Crippen molar-refractivity contribution in [2.45, 2.75) is 13.3 Å². The van der Waals surface area contributed by atoms with E-state index in [1.54, 1.807) is 12.0 Å². The third-order valence-corrected chi connectivity index (χ3v) is 3.32. The molecule has 1 fully saturated rings. The van der Waals surface area contributed by atoms with Gasteiger partial charge >= 0.3 is 0 Å². The van der Waals surface area contributed by atoms with Gasteiger partial charge in [0.25, 0.3) is 0 Å². The Morgan fingerprint density at radius 1 is 1.40 bits per heavy atom. The van der Waals surface area contributed by atoms with Crippen LogP contribution in [-0.4, -0.2) is 32.6 Å². The lowest BCUT2D eigenvalue weighted by Gasteiger charge is -2.20. The Bertz CT molecular complexity index is 530. The number of hydrogen-bond acceptors (Lipinski definition) is 4. The number of amides is 2. The molecule has 1 atom stereocenters. The monoisotopic (exact) mass is 278 g/mol. The fourth-order valence-electron chi connectivity index (χ4n) is 2.31. The smallest absolute Gasteiger partial charge is 0.248 e. The first-order chi connectivity index (χ1) is 9.56. The maximum absolute atomic E-state index is 12.1. The molecule has 1 saturated heterocycles. The molecular formula is C14H18N2O4. The van der Waals surface area contributed by atoms with E-state index >= 15 is 0 Å². The summed E-state index contributed by atoms with van der Waals surface area (Å²) < 4.78 is 5.29. The van der Waals surface area contributed by atoms with Crippen LogP contribution in [0.15, 0.2) is 18.2 Å². The Hall–Kier alpha value is -2.08. The summed E-state index contributed by atoms with van der Waals surface area (Å²) in [6.45, 7) is 2.27. The Labute approximate surface area is 117 Å². The van der Waals surface area contributed by atoms with E-state index in [9.17, 15) is 9.59 Å². The molecular weight excluding hydrogens is 260 g/mol. The quantitative estimate of drug-likeness (QED) is 0.835. The summed E-state index contributed by atoms with van der Waals surface area (Å²) in [5, 5.41) is 0. The van der Waals surface area contributed by atoms with Crippen molar-refractivity contribution in [1.29, 1.82) is 0 Å². The molecule has 0 aromatic heterocycles. The molecule has 108 valence electrons. The van der Waals surface area contributed by atoms with Crippen molar-refractivity contribution in [2.75, 3.05) is 25.7 Å². The fourth-order valence-corrected chi connectivity index (χ4v) is 2.31. The number of carbonyl (C=O) groups excluding carboxylic acids is 2. The molecule has 6 nitrogen and oxygen atoms in total. The van der Waals surface area contributed by atoms with Gasteiger partial charge in [-0.05, 0) is 24.6 Å². The summed E-state index contributed by atoms with van der Waals surface area (Å²) in [6, 6.07) is 5.62. The van der Waals surface area contributed by atoms with E-state index in [-0.39, 0.29) is 18.2 Å². The SMILES string of the molecule is CONC(=O)C1CC(=O)N(c2cc(C)ccc2OC)C1. The molecule has 0 radical (unpaired) electrons. The Kier molecular flexibility index (Phi) is 4.24. The summed E-state index contributed by atoms with van der Waals surface area (Å²) in [5.74, 6) is -0.162. The van der Waals surface area contributed by atoms with Crippen molar-refractivity contribution in [3.8, 4) is 5.75 Å². The van der Waals surface area contributed by atoms with Crippen LogP contribution in [0.1, 0.15) is 12.0 Å². The average Bonchev–Trinajstić information content (AvgIpc) is 2.81. The minimum absolute atomic E-state index is 0.0925. The van der Waals surface area contributed by atoms with Crippen LogP contribution in [0, 0.1) is 12.8 Å². The van der Waals surface area contributed by atoms with Gasteiger partial charge in [-0.25, -0.2) is 5.48 Å². The number of benzene rings is 1. The van der Waals surface area contributed by atoms with Gasteiger partial charge in [-0.3, -0.25) is 14.4 Å². The molecule has 2 rings (SSSR count). The lowest BCUT2D eigenvalue weighted by molar-refractivity contribution is -0.135. The highest BCUT2D eigenvalue weighted by molar-refractivity contribution is 6.01. The second-order valence-corrected chi connectivity index (χ2v) is 4.75. The standard InChI is InChI=1S/C14H18N2O4/c1-9-4-5-12(19-2)11(6-9)16-8-10(7-13(16)17)14(18)15-20-3/h4-6,10H,7-8H2,1-3H3,(H,15,18). The highest BCUT2D eigenvalue weighted by atomic mass is 16.6. The number of methoxy groups -OCH3 is 1. The maximum Gasteiger partial charge on any atom is 0.248 e. The molecule has 1 aliphatic heterocycles. The topological polar surface area (TPSA) is 67.9 Å². The van der Waals surface area contributed by atoms with Crippen LogP contribution < -0.4 is 15.1 Å². The van der Waals surface area contributed by atoms with E-state index in [1.165, 1.54) is 7.11 Å². The van der Waals surface area contributed by atoms with Crippen LogP contribution in [0.25, 0.3) is 0 Å². The van der Waals surface area contributed by atoms with Crippen molar-refractivity contribution in [2.24, 2.45) is 5.92 Å². The minimum atomic E-state index is -0.410. The van der Waals surface area contributed by atoms with E-state index in [0.717, 1.165) is 5.56 Å². The number of nitrogens with one attached hydrogen (secondary N) is 1. The first-order valence-corrected chi connectivity index (χ1v) is 6.34. The van der Waals surface area contributed by atoms with Gasteiger partial charge in [0.05, 0.1) is 25.8 Å². The van der Waals surface area contributed by atoms with E-state index < -0.39 is 5.92 Å². The Balaban J connectivity index is 2.24. The molecule has 6 heteroatoms. The lowest BCUT2D eigenvalue weighted by atomic mass is 10.1. The first kappa shape index (κ1) is 14.3. The van der Waals surface area contributed by atoms with Crippen LogP contribution in [0.3, 0.4) is 0 Å². The van der Waals surface area contributed by atoms with Crippen LogP contribution in [0.4, 0.5) is 5.69 Å². The molecule has 1 aromatic rings. The zero-order chi connectivity index (χ0) is 14.7. The summed E-state index contributed by atoms with van der Waals surface area (Å²) in [7, 11) is 2.93. The molecule has 1 unspecified atom stereocenters. The highest BCUT2D eigenvalue weighted by Gasteiger charge is 2.36. The summed E-state index contributed by atoms with van der Waals surface area (Å²) in [5.41, 5.74) is 4.00. The molecule has 1 heterocycles. The van der Waals surface area contributed by atoms with Gasteiger partial charge in [-0.2, -0.15) is 0 Å². The normalized spacial score (nSPS) is 18.2. The molecule has 0 aliphatic carbocycles. The summed E-state index contributed by atoms with van der Waals surface area (Å²) >= 11 is 0. The van der Waals surface area contributed by atoms with Crippen molar-refractivity contribution in [3.63, 3.8) is 0 Å². The number of carbonyl (C=O) groups is 2. The second-order valence-electron chi connectivity index (χ2n) is 4.75. The number of anilines is 1. The van der Waals surface area contributed by atoms with Crippen molar-refractivity contribution in [3.05, 3.63) is 23.8 Å². The van der Waals surface area contributed by atoms with Gasteiger partial charge in [-0.15, -0.1) is 0 Å². The first-order valence-electron chi connectivity index (χ1n) is 6.34. The van der Waals surface area contributed by atoms with Crippen LogP contribution >= 0.6 is 0 Å². The van der Waals surface area contributed by atoms with Gasteiger partial charge in [0.1, 0.15) is 5.75 Å². The lowest BCUT2D eigenvalue weighted by Crippen LogP contribution is -2.32. The zero-order valence-corrected chi connectivity index (χ0v) is 11.8. The van der Waals surface area contributed by atoms with E-state index in [1.807, 2.05) is 25.1 Å². The molecule has 2 amide bonds. The zero-order valence-electron chi connectivity index (χ0n) is 11.8. The molecule has 0 bridgehead atoms. The third-order valence-electron chi connectivity index (χ3n) is 3.32. The number of hydrogen-bond donors (Lipinski definition) is 1. The van der Waals surface area contributed by atoms with Crippen LogP contribution in [0.2, 0.25) is 0 Å². The molecule has 1 N–H and O–H groups in total. The van der Waals surface area contributed by atoms with Gasteiger partial charge < -0.3 is 9.64 Å². The number of rotatable bonds is 4. The molecule has 1 aromatic carbocycles. The average molecular weight is 278 g/mol. The van der Waals surface area contributed by atoms with Crippen molar-refractivity contribution >= 4 is 17.5 Å². The summed E-state index contributed by atoms with van der Waals surface area (Å²) in [6.07, 6.45) is 0.173. The van der Waals surface area contributed by atoms with Crippen LogP contribution in [0.5, 0.6) is 5.75 Å². The molecule has 0 saturated carbocycles. The van der Waals surface area contributed by atoms with Crippen LogP contribution in [-0.2, 0) is 14.4 Å².